The lowest BCUT2D eigenvalue weighted by Crippen LogP contribution is -2.47. The fourth-order valence-electron chi connectivity index (χ4n) is 5.18. The van der Waals surface area contributed by atoms with E-state index in [1.807, 2.05) is 35.2 Å². The smallest absolute Gasteiger partial charge is 0.225 e. The van der Waals surface area contributed by atoms with E-state index in [-0.39, 0.29) is 17.6 Å². The lowest BCUT2D eigenvalue weighted by molar-refractivity contribution is -0.138. The highest BCUT2D eigenvalue weighted by atomic mass is 32.2. The molecule has 3 aliphatic rings. The summed E-state index contributed by atoms with van der Waals surface area (Å²) in [5.41, 5.74) is 0.813. The fourth-order valence-corrected chi connectivity index (χ4v) is 6.74. The Morgan fingerprint density at radius 1 is 0.867 bits per heavy atom. The number of hydrogen-bond donors (Lipinski definition) is 0. The first-order valence-corrected chi connectivity index (χ1v) is 13.1. The average Bonchev–Trinajstić information content (AvgIpc) is 3.27. The zero-order valence-electron chi connectivity index (χ0n) is 17.9. The Balaban J connectivity index is 1.22. The Labute approximate surface area is 181 Å². The Bertz CT molecular complexity index is 792. The van der Waals surface area contributed by atoms with Crippen LogP contribution in [-0.4, -0.2) is 74.2 Å². The Hall–Kier alpha value is -1.44. The summed E-state index contributed by atoms with van der Waals surface area (Å²) in [5.74, 6) is 0.979. The van der Waals surface area contributed by atoms with Crippen molar-refractivity contribution in [1.29, 1.82) is 0 Å². The zero-order valence-corrected chi connectivity index (χ0v) is 18.7. The van der Waals surface area contributed by atoms with Gasteiger partial charge in [-0.1, -0.05) is 30.3 Å². The first-order valence-electron chi connectivity index (χ1n) is 11.5. The van der Waals surface area contributed by atoms with Gasteiger partial charge < -0.3 is 9.80 Å². The second kappa shape index (κ2) is 9.79. The third kappa shape index (κ3) is 5.42. The van der Waals surface area contributed by atoms with Crippen molar-refractivity contribution in [3.05, 3.63) is 35.9 Å². The molecule has 3 heterocycles. The van der Waals surface area contributed by atoms with E-state index in [2.05, 4.69) is 4.90 Å². The van der Waals surface area contributed by atoms with E-state index >= 15 is 0 Å². The minimum atomic E-state index is -3.33. The van der Waals surface area contributed by atoms with Crippen LogP contribution in [0, 0.1) is 11.8 Å². The summed E-state index contributed by atoms with van der Waals surface area (Å²) in [7, 11) is -3.33. The number of likely N-dealkylation sites (tertiary alicyclic amines) is 2. The van der Waals surface area contributed by atoms with E-state index < -0.39 is 10.0 Å². The van der Waals surface area contributed by atoms with Gasteiger partial charge in [0.05, 0.1) is 5.75 Å². The topological polar surface area (TPSA) is 60.9 Å². The van der Waals surface area contributed by atoms with Crippen molar-refractivity contribution in [2.75, 3.05) is 45.8 Å². The molecule has 0 spiro atoms. The van der Waals surface area contributed by atoms with Gasteiger partial charge in [-0.25, -0.2) is 12.7 Å². The molecule has 0 unspecified atom stereocenters. The lowest BCUT2D eigenvalue weighted by atomic mass is 9.92. The molecular formula is C23H35N3O3S. The number of nitrogens with zero attached hydrogens (tertiary/aromatic N) is 3. The summed E-state index contributed by atoms with van der Waals surface area (Å²) in [5, 5.41) is 0. The maximum Gasteiger partial charge on any atom is 0.225 e. The van der Waals surface area contributed by atoms with Crippen molar-refractivity contribution >= 4 is 15.9 Å². The molecule has 0 aliphatic carbocycles. The molecule has 0 aromatic heterocycles. The molecule has 0 N–H and O–H groups in total. The summed E-state index contributed by atoms with van der Waals surface area (Å²) in [6.07, 6.45) is 6.15. The average molecular weight is 434 g/mol. The number of rotatable bonds is 6. The molecule has 0 atom stereocenters. The molecule has 1 aromatic rings. The largest absolute Gasteiger partial charge is 0.342 e. The SMILES string of the molecule is O=C(C1CCN(S(=O)(=O)Cc2ccccc2)CC1)N1CCC(CN2CCCC2)CC1. The van der Waals surface area contributed by atoms with E-state index in [9.17, 15) is 13.2 Å². The van der Waals surface area contributed by atoms with Crippen LogP contribution in [0.15, 0.2) is 30.3 Å². The van der Waals surface area contributed by atoms with Crippen LogP contribution in [0.1, 0.15) is 44.1 Å². The minimum Gasteiger partial charge on any atom is -0.342 e. The number of amides is 1. The molecule has 166 valence electrons. The van der Waals surface area contributed by atoms with E-state index in [1.54, 1.807) is 4.31 Å². The highest BCUT2D eigenvalue weighted by Gasteiger charge is 2.34. The molecule has 30 heavy (non-hydrogen) atoms. The van der Waals surface area contributed by atoms with Crippen LogP contribution < -0.4 is 0 Å². The fraction of sp³-hybridized carbons (Fsp3) is 0.696. The molecular weight excluding hydrogens is 398 g/mol. The molecule has 0 radical (unpaired) electrons. The monoisotopic (exact) mass is 433 g/mol. The van der Waals surface area contributed by atoms with Crippen LogP contribution in [-0.2, 0) is 20.6 Å². The molecule has 0 saturated carbocycles. The third-order valence-corrected chi connectivity index (χ3v) is 8.88. The number of sulfonamides is 1. The third-order valence-electron chi connectivity index (χ3n) is 7.03. The maximum absolute atomic E-state index is 13.0. The summed E-state index contributed by atoms with van der Waals surface area (Å²) in [4.78, 5) is 17.6. The normalized spacial score (nSPS) is 23.1. The van der Waals surface area contributed by atoms with Crippen LogP contribution in [0.2, 0.25) is 0 Å². The molecule has 6 nitrogen and oxygen atoms in total. The van der Waals surface area contributed by atoms with Gasteiger partial charge in [0, 0.05) is 38.6 Å². The summed E-state index contributed by atoms with van der Waals surface area (Å²) >= 11 is 0. The number of piperidine rings is 2. The Kier molecular flexibility index (Phi) is 7.11. The number of carbonyl (C=O) groups excluding carboxylic acids is 1. The number of benzene rings is 1. The van der Waals surface area contributed by atoms with Gasteiger partial charge in [0.2, 0.25) is 15.9 Å². The van der Waals surface area contributed by atoms with Gasteiger partial charge in [-0.15, -0.1) is 0 Å². The number of carbonyl (C=O) groups is 1. The van der Waals surface area contributed by atoms with Crippen molar-refractivity contribution < 1.29 is 13.2 Å². The second-order valence-corrected chi connectivity index (χ2v) is 11.2. The Morgan fingerprint density at radius 2 is 1.50 bits per heavy atom. The van der Waals surface area contributed by atoms with Crippen molar-refractivity contribution in [3.8, 4) is 0 Å². The predicted octanol–water partition coefficient (Wildman–Crippen LogP) is 2.56. The van der Waals surface area contributed by atoms with Crippen molar-refractivity contribution in [3.63, 3.8) is 0 Å². The van der Waals surface area contributed by atoms with Crippen LogP contribution in [0.25, 0.3) is 0 Å². The van der Waals surface area contributed by atoms with Crippen molar-refractivity contribution in [2.45, 2.75) is 44.3 Å². The molecule has 1 aromatic carbocycles. The van der Waals surface area contributed by atoms with Crippen LogP contribution in [0.4, 0.5) is 0 Å². The van der Waals surface area contributed by atoms with Crippen molar-refractivity contribution in [2.24, 2.45) is 11.8 Å². The van der Waals surface area contributed by atoms with Gasteiger partial charge in [-0.05, 0) is 63.1 Å². The molecule has 3 fully saturated rings. The zero-order chi connectivity index (χ0) is 21.0. The highest BCUT2D eigenvalue weighted by molar-refractivity contribution is 7.88. The highest BCUT2D eigenvalue weighted by Crippen LogP contribution is 2.26. The van der Waals surface area contributed by atoms with Crippen molar-refractivity contribution in [1.82, 2.24) is 14.1 Å². The van der Waals surface area contributed by atoms with E-state index in [4.69, 9.17) is 0 Å². The van der Waals surface area contributed by atoms with Crippen LogP contribution in [0.5, 0.6) is 0 Å². The van der Waals surface area contributed by atoms with E-state index in [0.29, 0.717) is 25.9 Å². The summed E-state index contributed by atoms with van der Waals surface area (Å²) < 4.78 is 27.1. The molecule has 4 rings (SSSR count). The van der Waals surface area contributed by atoms with E-state index in [1.165, 1.54) is 32.5 Å². The van der Waals surface area contributed by atoms with Gasteiger partial charge in [0.1, 0.15) is 0 Å². The van der Waals surface area contributed by atoms with Gasteiger partial charge in [-0.2, -0.15) is 0 Å². The second-order valence-electron chi connectivity index (χ2n) is 9.19. The summed E-state index contributed by atoms with van der Waals surface area (Å²) in [6, 6.07) is 9.32. The van der Waals surface area contributed by atoms with Gasteiger partial charge in [0.15, 0.2) is 0 Å². The maximum atomic E-state index is 13.0. The molecule has 7 heteroatoms. The minimum absolute atomic E-state index is 0.0247. The molecule has 0 bridgehead atoms. The molecule has 1 amide bonds. The standard InChI is InChI=1S/C23H35N3O3S/c27-23(25-14-8-20(9-15-25)18-24-12-4-5-13-24)22-10-16-26(17-11-22)30(28,29)19-21-6-2-1-3-7-21/h1-3,6-7,20,22H,4-5,8-19H2. The van der Waals surface area contributed by atoms with Crippen LogP contribution >= 0.6 is 0 Å². The van der Waals surface area contributed by atoms with Crippen LogP contribution in [0.3, 0.4) is 0 Å². The summed E-state index contributed by atoms with van der Waals surface area (Å²) in [6.45, 7) is 6.32. The first kappa shape index (κ1) is 21.8. The lowest BCUT2D eigenvalue weighted by Gasteiger charge is -2.37. The first-order chi connectivity index (χ1) is 14.5. The van der Waals surface area contributed by atoms with Gasteiger partial charge in [0.25, 0.3) is 0 Å². The number of hydrogen-bond acceptors (Lipinski definition) is 4. The predicted molar refractivity (Wildman–Crippen MR) is 118 cm³/mol. The quantitative estimate of drug-likeness (QED) is 0.692. The Morgan fingerprint density at radius 3 is 2.13 bits per heavy atom. The van der Waals surface area contributed by atoms with Gasteiger partial charge in [-0.3, -0.25) is 4.79 Å². The van der Waals surface area contributed by atoms with E-state index in [0.717, 1.165) is 37.4 Å². The molecule has 3 aliphatic heterocycles. The van der Waals surface area contributed by atoms with Gasteiger partial charge >= 0.3 is 0 Å². The molecule has 3 saturated heterocycles.